The van der Waals surface area contributed by atoms with Gasteiger partial charge in [-0.15, -0.1) is 0 Å². The summed E-state index contributed by atoms with van der Waals surface area (Å²) >= 11 is 4.05. The van der Waals surface area contributed by atoms with Gasteiger partial charge in [-0.2, -0.15) is 12.6 Å². The maximum Gasteiger partial charge on any atom is 0.300 e. The topological polar surface area (TPSA) is 37.3 Å². The standard InChI is InChI=1S/C5H12S.C2H4O2/c1-2-3-4-5-6;1-2(3)4/h6H,2-5H2,1H3;1H3,(H,3,4). The molecule has 0 saturated carbocycles. The summed E-state index contributed by atoms with van der Waals surface area (Å²) in [5.74, 6) is 0.216. The van der Waals surface area contributed by atoms with Crippen LogP contribution in [0.25, 0.3) is 0 Å². The lowest BCUT2D eigenvalue weighted by Gasteiger charge is -1.85. The Bertz CT molecular complexity index is 66.0. The van der Waals surface area contributed by atoms with E-state index >= 15 is 0 Å². The molecule has 0 heterocycles. The summed E-state index contributed by atoms with van der Waals surface area (Å²) in [5, 5.41) is 7.42. The van der Waals surface area contributed by atoms with Crippen molar-refractivity contribution in [3.05, 3.63) is 0 Å². The highest BCUT2D eigenvalue weighted by molar-refractivity contribution is 7.80. The van der Waals surface area contributed by atoms with E-state index in [0.717, 1.165) is 12.7 Å². The van der Waals surface area contributed by atoms with Gasteiger partial charge in [0.25, 0.3) is 5.97 Å². The predicted octanol–water partition coefficient (Wildman–Crippen LogP) is 2.20. The first-order valence-corrected chi connectivity index (χ1v) is 4.08. The molecule has 0 aromatic heterocycles. The van der Waals surface area contributed by atoms with E-state index in [2.05, 4.69) is 19.6 Å². The number of aliphatic carboxylic acids is 1. The van der Waals surface area contributed by atoms with Crippen molar-refractivity contribution in [2.75, 3.05) is 5.75 Å². The first-order valence-electron chi connectivity index (χ1n) is 3.45. The minimum absolute atomic E-state index is 0.833. The van der Waals surface area contributed by atoms with Crippen LogP contribution in [0.15, 0.2) is 0 Å². The summed E-state index contributed by atoms with van der Waals surface area (Å²) in [5.41, 5.74) is 0. The maximum atomic E-state index is 9.00. The molecule has 62 valence electrons. The lowest BCUT2D eigenvalue weighted by molar-refractivity contribution is -0.134. The number of hydrogen-bond acceptors (Lipinski definition) is 2. The van der Waals surface area contributed by atoms with E-state index in [-0.39, 0.29) is 0 Å². The lowest BCUT2D eigenvalue weighted by Crippen LogP contribution is -1.78. The van der Waals surface area contributed by atoms with Gasteiger partial charge in [-0.05, 0) is 12.2 Å². The number of thiol groups is 1. The molecular weight excluding hydrogens is 148 g/mol. The van der Waals surface area contributed by atoms with Crippen molar-refractivity contribution >= 4 is 18.6 Å². The van der Waals surface area contributed by atoms with E-state index in [1.54, 1.807) is 0 Å². The van der Waals surface area contributed by atoms with Crippen LogP contribution in [-0.4, -0.2) is 16.8 Å². The highest BCUT2D eigenvalue weighted by Gasteiger charge is 1.75. The third kappa shape index (κ3) is 45.7. The van der Waals surface area contributed by atoms with Gasteiger partial charge < -0.3 is 5.11 Å². The Morgan fingerprint density at radius 3 is 2.00 bits per heavy atom. The highest BCUT2D eigenvalue weighted by Crippen LogP contribution is 1.93. The molecule has 0 fully saturated rings. The lowest BCUT2D eigenvalue weighted by atomic mass is 10.3. The van der Waals surface area contributed by atoms with E-state index in [4.69, 9.17) is 9.90 Å². The van der Waals surface area contributed by atoms with E-state index in [1.807, 2.05) is 0 Å². The van der Waals surface area contributed by atoms with Crippen LogP contribution >= 0.6 is 12.6 Å². The molecule has 0 spiro atoms. The zero-order chi connectivity index (χ0) is 8.41. The smallest absolute Gasteiger partial charge is 0.300 e. The summed E-state index contributed by atoms with van der Waals surface area (Å²) in [6.45, 7) is 3.28. The molecule has 0 radical (unpaired) electrons. The molecule has 1 N–H and O–H groups in total. The Kier molecular flexibility index (Phi) is 14.5. The molecule has 10 heavy (non-hydrogen) atoms. The Balaban J connectivity index is 0. The van der Waals surface area contributed by atoms with Crippen molar-refractivity contribution in [3.8, 4) is 0 Å². The van der Waals surface area contributed by atoms with Crippen molar-refractivity contribution in [2.45, 2.75) is 33.1 Å². The van der Waals surface area contributed by atoms with Gasteiger partial charge >= 0.3 is 0 Å². The van der Waals surface area contributed by atoms with E-state index < -0.39 is 5.97 Å². The Labute approximate surface area is 68.0 Å². The monoisotopic (exact) mass is 164 g/mol. The van der Waals surface area contributed by atoms with Gasteiger partial charge in [-0.1, -0.05) is 19.8 Å². The molecule has 0 aromatic rings. The Morgan fingerprint density at radius 2 is 1.90 bits per heavy atom. The fraction of sp³-hybridized carbons (Fsp3) is 0.857. The number of hydrogen-bond donors (Lipinski definition) is 2. The van der Waals surface area contributed by atoms with Crippen LogP contribution in [0.4, 0.5) is 0 Å². The molecule has 0 unspecified atom stereocenters. The first kappa shape index (κ1) is 12.5. The third-order valence-corrected chi connectivity index (χ3v) is 1.08. The molecule has 0 saturated heterocycles. The van der Waals surface area contributed by atoms with Gasteiger partial charge in [0.1, 0.15) is 0 Å². The molecule has 0 bridgehead atoms. The van der Waals surface area contributed by atoms with Crippen molar-refractivity contribution in [1.82, 2.24) is 0 Å². The van der Waals surface area contributed by atoms with Crippen LogP contribution in [0.3, 0.4) is 0 Å². The molecule has 2 nitrogen and oxygen atoms in total. The second-order valence-corrected chi connectivity index (χ2v) is 2.40. The van der Waals surface area contributed by atoms with Gasteiger partial charge in [-0.25, -0.2) is 0 Å². The number of rotatable bonds is 3. The van der Waals surface area contributed by atoms with Crippen LogP contribution in [0.2, 0.25) is 0 Å². The third-order valence-electron chi connectivity index (χ3n) is 0.762. The molecule has 0 aliphatic carbocycles. The first-order chi connectivity index (χ1) is 4.65. The largest absolute Gasteiger partial charge is 0.481 e. The Hall–Kier alpha value is -0.180. The van der Waals surface area contributed by atoms with Crippen LogP contribution in [0, 0.1) is 0 Å². The van der Waals surface area contributed by atoms with E-state index in [1.165, 1.54) is 19.3 Å². The quantitative estimate of drug-likeness (QED) is 0.495. The van der Waals surface area contributed by atoms with E-state index in [0.29, 0.717) is 0 Å². The predicted molar refractivity (Wildman–Crippen MR) is 46.7 cm³/mol. The zero-order valence-electron chi connectivity index (χ0n) is 6.63. The van der Waals surface area contributed by atoms with Crippen molar-refractivity contribution in [1.29, 1.82) is 0 Å². The minimum atomic E-state index is -0.833. The van der Waals surface area contributed by atoms with E-state index in [9.17, 15) is 0 Å². The number of carbonyl (C=O) groups is 1. The van der Waals surface area contributed by atoms with Gasteiger partial charge in [0, 0.05) is 6.92 Å². The minimum Gasteiger partial charge on any atom is -0.481 e. The van der Waals surface area contributed by atoms with Crippen molar-refractivity contribution in [2.24, 2.45) is 0 Å². The molecule has 0 aliphatic heterocycles. The summed E-state index contributed by atoms with van der Waals surface area (Å²) in [6, 6.07) is 0. The summed E-state index contributed by atoms with van der Waals surface area (Å²) in [4.78, 5) is 9.00. The van der Waals surface area contributed by atoms with Crippen LogP contribution in [0.5, 0.6) is 0 Å². The summed E-state index contributed by atoms with van der Waals surface area (Å²) in [6.07, 6.45) is 3.92. The fourth-order valence-electron chi connectivity index (χ4n) is 0.362. The number of unbranched alkanes of at least 4 members (excludes halogenated alkanes) is 2. The SMILES string of the molecule is CC(=O)O.CCCCCS. The second kappa shape index (κ2) is 11.6. The molecule has 0 aromatic carbocycles. The second-order valence-electron chi connectivity index (χ2n) is 1.95. The molecular formula is C7H16O2S. The van der Waals surface area contributed by atoms with Crippen molar-refractivity contribution in [3.63, 3.8) is 0 Å². The highest BCUT2D eigenvalue weighted by atomic mass is 32.1. The molecule has 0 aliphatic rings. The van der Waals surface area contributed by atoms with Gasteiger partial charge in [-0.3, -0.25) is 4.79 Å². The van der Waals surface area contributed by atoms with Crippen LogP contribution in [-0.2, 0) is 4.79 Å². The molecule has 0 rings (SSSR count). The summed E-state index contributed by atoms with van der Waals surface area (Å²) < 4.78 is 0. The van der Waals surface area contributed by atoms with Gasteiger partial charge in [0.2, 0.25) is 0 Å². The molecule has 3 heteroatoms. The fourth-order valence-corrected chi connectivity index (χ4v) is 0.585. The Morgan fingerprint density at radius 1 is 1.50 bits per heavy atom. The normalized spacial score (nSPS) is 7.90. The average Bonchev–Trinajstić information content (AvgIpc) is 1.82. The van der Waals surface area contributed by atoms with Gasteiger partial charge in [0.15, 0.2) is 0 Å². The summed E-state index contributed by atoms with van der Waals surface area (Å²) in [7, 11) is 0. The molecule has 0 amide bonds. The van der Waals surface area contributed by atoms with Crippen LogP contribution in [0.1, 0.15) is 33.1 Å². The number of carboxylic acids is 1. The average molecular weight is 164 g/mol. The van der Waals surface area contributed by atoms with Gasteiger partial charge in [0.05, 0.1) is 0 Å². The molecule has 0 atom stereocenters. The van der Waals surface area contributed by atoms with Crippen molar-refractivity contribution < 1.29 is 9.90 Å². The maximum absolute atomic E-state index is 9.00. The van der Waals surface area contributed by atoms with Crippen LogP contribution < -0.4 is 0 Å². The number of carboxylic acid groups (broad SMARTS) is 1. The zero-order valence-corrected chi connectivity index (χ0v) is 7.53.